The van der Waals surface area contributed by atoms with Gasteiger partial charge in [0.2, 0.25) is 0 Å². The van der Waals surface area contributed by atoms with Crippen molar-refractivity contribution in [3.63, 3.8) is 0 Å². The van der Waals surface area contributed by atoms with Gasteiger partial charge in [-0.1, -0.05) is 12.8 Å². The van der Waals surface area contributed by atoms with Crippen molar-refractivity contribution in [2.45, 2.75) is 25.7 Å². The van der Waals surface area contributed by atoms with Gasteiger partial charge in [-0.3, -0.25) is 4.79 Å². The van der Waals surface area contributed by atoms with Crippen LogP contribution < -0.4 is 5.32 Å². The zero-order chi connectivity index (χ0) is 14.3. The summed E-state index contributed by atoms with van der Waals surface area (Å²) in [7, 11) is 0. The molecule has 0 saturated heterocycles. The maximum Gasteiger partial charge on any atom is 0.251 e. The summed E-state index contributed by atoms with van der Waals surface area (Å²) in [6.07, 6.45) is 3.11. The normalized spacial score (nSPS) is 10.5. The van der Waals surface area contributed by atoms with E-state index in [2.05, 4.69) is 5.32 Å². The fraction of sp³-hybridized carbons (Fsp3) is 0.462. The monoisotopic (exact) mass is 275 g/mol. The Balaban J connectivity index is 2.42. The zero-order valence-corrected chi connectivity index (χ0v) is 10.4. The van der Waals surface area contributed by atoms with Crippen LogP contribution in [0.1, 0.15) is 36.0 Å². The number of carbonyl (C=O) groups is 1. The summed E-state index contributed by atoms with van der Waals surface area (Å²) in [5.41, 5.74) is -0.244. The molecule has 0 fully saturated rings. The summed E-state index contributed by atoms with van der Waals surface area (Å²) < 4.78 is 38.5. The number of nitrogens with one attached hydrogen (secondary N) is 1. The van der Waals surface area contributed by atoms with Crippen LogP contribution in [0.25, 0.3) is 0 Å². The number of hydrogen-bond donors (Lipinski definition) is 2. The quantitative estimate of drug-likeness (QED) is 0.593. The van der Waals surface area contributed by atoms with Crippen LogP contribution in [-0.4, -0.2) is 24.2 Å². The van der Waals surface area contributed by atoms with E-state index < -0.39 is 23.4 Å². The van der Waals surface area contributed by atoms with E-state index in [-0.39, 0.29) is 12.2 Å². The first-order valence-electron chi connectivity index (χ1n) is 6.10. The minimum atomic E-state index is -1.58. The van der Waals surface area contributed by atoms with Crippen LogP contribution in [0.5, 0.6) is 0 Å². The van der Waals surface area contributed by atoms with Gasteiger partial charge in [-0.05, 0) is 25.0 Å². The number of aliphatic hydroxyl groups excluding tert-OH is 1. The van der Waals surface area contributed by atoms with E-state index in [9.17, 15) is 18.0 Å². The van der Waals surface area contributed by atoms with Crippen LogP contribution in [0.4, 0.5) is 13.2 Å². The molecule has 6 heteroatoms. The Morgan fingerprint density at radius 1 is 1.05 bits per heavy atom. The molecule has 0 radical (unpaired) electrons. The molecule has 0 spiro atoms. The van der Waals surface area contributed by atoms with Crippen LogP contribution in [0.2, 0.25) is 0 Å². The molecule has 0 aliphatic carbocycles. The first-order chi connectivity index (χ1) is 9.06. The van der Waals surface area contributed by atoms with Crippen molar-refractivity contribution < 1.29 is 23.1 Å². The lowest BCUT2D eigenvalue weighted by Gasteiger charge is -2.06. The molecule has 1 rings (SSSR count). The highest BCUT2D eigenvalue weighted by Gasteiger charge is 2.14. The summed E-state index contributed by atoms with van der Waals surface area (Å²) in [5.74, 6) is -4.98. The fourth-order valence-electron chi connectivity index (χ4n) is 1.58. The van der Waals surface area contributed by atoms with Gasteiger partial charge in [-0.25, -0.2) is 13.2 Å². The first-order valence-corrected chi connectivity index (χ1v) is 6.10. The highest BCUT2D eigenvalue weighted by atomic mass is 19.2. The van der Waals surface area contributed by atoms with E-state index in [0.29, 0.717) is 31.5 Å². The average molecular weight is 275 g/mol. The van der Waals surface area contributed by atoms with Gasteiger partial charge in [-0.15, -0.1) is 0 Å². The molecule has 0 saturated carbocycles. The lowest BCUT2D eigenvalue weighted by Crippen LogP contribution is -2.24. The third-order valence-corrected chi connectivity index (χ3v) is 2.62. The van der Waals surface area contributed by atoms with Gasteiger partial charge in [0.05, 0.1) is 0 Å². The van der Waals surface area contributed by atoms with Crippen molar-refractivity contribution in [2.75, 3.05) is 13.2 Å². The molecule has 2 N–H and O–H groups in total. The van der Waals surface area contributed by atoms with Gasteiger partial charge in [0.1, 0.15) is 0 Å². The van der Waals surface area contributed by atoms with E-state index in [1.807, 2.05) is 0 Å². The second-order valence-electron chi connectivity index (χ2n) is 4.15. The molecule has 0 unspecified atom stereocenters. The molecular weight excluding hydrogens is 259 g/mol. The van der Waals surface area contributed by atoms with Crippen LogP contribution in [0.3, 0.4) is 0 Å². The lowest BCUT2D eigenvalue weighted by molar-refractivity contribution is 0.0951. The molecule has 0 bridgehead atoms. The molecule has 0 atom stereocenters. The SMILES string of the molecule is O=C(NCCCCCCO)c1cc(F)c(F)c(F)c1. The Kier molecular flexibility index (Phi) is 6.35. The van der Waals surface area contributed by atoms with Gasteiger partial charge in [0.25, 0.3) is 5.91 Å². The summed E-state index contributed by atoms with van der Waals surface area (Å²) >= 11 is 0. The van der Waals surface area contributed by atoms with E-state index >= 15 is 0 Å². The Labute approximate surface area is 109 Å². The van der Waals surface area contributed by atoms with Crippen LogP contribution in [0.15, 0.2) is 12.1 Å². The lowest BCUT2D eigenvalue weighted by atomic mass is 10.1. The minimum Gasteiger partial charge on any atom is -0.396 e. The smallest absolute Gasteiger partial charge is 0.251 e. The number of benzene rings is 1. The fourth-order valence-corrected chi connectivity index (χ4v) is 1.58. The van der Waals surface area contributed by atoms with Crippen molar-refractivity contribution in [3.8, 4) is 0 Å². The van der Waals surface area contributed by atoms with Crippen molar-refractivity contribution in [1.29, 1.82) is 0 Å². The van der Waals surface area contributed by atoms with Crippen molar-refractivity contribution in [1.82, 2.24) is 5.32 Å². The van der Waals surface area contributed by atoms with E-state index in [1.165, 1.54) is 0 Å². The molecule has 19 heavy (non-hydrogen) atoms. The van der Waals surface area contributed by atoms with Gasteiger partial charge >= 0.3 is 0 Å². The average Bonchev–Trinajstić information content (AvgIpc) is 2.39. The molecule has 0 aliphatic rings. The second kappa shape index (κ2) is 7.78. The van der Waals surface area contributed by atoms with Crippen LogP contribution in [-0.2, 0) is 0 Å². The van der Waals surface area contributed by atoms with Crippen LogP contribution >= 0.6 is 0 Å². The number of aliphatic hydroxyl groups is 1. The number of halogens is 3. The summed E-state index contributed by atoms with van der Waals surface area (Å²) in [6, 6.07) is 1.33. The molecule has 3 nitrogen and oxygen atoms in total. The number of rotatable bonds is 7. The second-order valence-corrected chi connectivity index (χ2v) is 4.15. The van der Waals surface area contributed by atoms with Gasteiger partial charge in [-0.2, -0.15) is 0 Å². The third-order valence-electron chi connectivity index (χ3n) is 2.62. The predicted molar refractivity (Wildman–Crippen MR) is 64.2 cm³/mol. The third kappa shape index (κ3) is 4.90. The topological polar surface area (TPSA) is 49.3 Å². The summed E-state index contributed by atoms with van der Waals surface area (Å²) in [4.78, 5) is 11.5. The standard InChI is InChI=1S/C13H16F3NO2/c14-10-7-9(8-11(15)12(10)16)13(19)17-5-3-1-2-4-6-18/h7-8,18H,1-6H2,(H,17,19). The van der Waals surface area contributed by atoms with Gasteiger partial charge in [0.15, 0.2) is 17.5 Å². The number of carbonyl (C=O) groups excluding carboxylic acids is 1. The van der Waals surface area contributed by atoms with E-state index in [0.717, 1.165) is 12.8 Å². The van der Waals surface area contributed by atoms with Crippen molar-refractivity contribution in [2.24, 2.45) is 0 Å². The zero-order valence-electron chi connectivity index (χ0n) is 10.4. The summed E-state index contributed by atoms with van der Waals surface area (Å²) in [5, 5.41) is 11.1. The number of unbranched alkanes of at least 4 members (excludes halogenated alkanes) is 3. The number of hydrogen-bond acceptors (Lipinski definition) is 2. The van der Waals surface area contributed by atoms with E-state index in [1.54, 1.807) is 0 Å². The highest BCUT2D eigenvalue weighted by Crippen LogP contribution is 2.13. The Morgan fingerprint density at radius 2 is 1.63 bits per heavy atom. The van der Waals surface area contributed by atoms with Crippen molar-refractivity contribution >= 4 is 5.91 Å². The maximum atomic E-state index is 12.9. The van der Waals surface area contributed by atoms with Crippen LogP contribution in [0, 0.1) is 17.5 Å². The molecule has 0 aliphatic heterocycles. The predicted octanol–water partition coefficient (Wildman–Crippen LogP) is 2.39. The molecule has 1 aromatic carbocycles. The maximum absolute atomic E-state index is 12.9. The largest absolute Gasteiger partial charge is 0.396 e. The Hall–Kier alpha value is -1.56. The molecule has 1 amide bonds. The Bertz CT molecular complexity index is 415. The molecule has 0 heterocycles. The van der Waals surface area contributed by atoms with Gasteiger partial charge in [0, 0.05) is 18.7 Å². The number of amides is 1. The first kappa shape index (κ1) is 15.5. The Morgan fingerprint density at radius 3 is 2.21 bits per heavy atom. The molecule has 106 valence electrons. The minimum absolute atomic E-state index is 0.139. The van der Waals surface area contributed by atoms with Gasteiger partial charge < -0.3 is 10.4 Å². The van der Waals surface area contributed by atoms with E-state index in [4.69, 9.17) is 5.11 Å². The molecule has 1 aromatic rings. The molecular formula is C13H16F3NO2. The highest BCUT2D eigenvalue weighted by molar-refractivity contribution is 5.94. The van der Waals surface area contributed by atoms with Crippen molar-refractivity contribution in [3.05, 3.63) is 35.1 Å². The summed E-state index contributed by atoms with van der Waals surface area (Å²) in [6.45, 7) is 0.505. The molecule has 0 aromatic heterocycles.